The second-order valence-electron chi connectivity index (χ2n) is 4.92. The molecule has 0 spiro atoms. The summed E-state index contributed by atoms with van der Waals surface area (Å²) in [5, 5.41) is 0.634. The smallest absolute Gasteiger partial charge is 0.277 e. The number of fused-ring (bicyclic) bond motifs is 1. The van der Waals surface area contributed by atoms with Crippen molar-refractivity contribution in [2.75, 3.05) is 17.7 Å². The van der Waals surface area contributed by atoms with Crippen LogP contribution in [0.3, 0.4) is 0 Å². The fraction of sp³-hybridized carbons (Fsp3) is 0.0588. The Labute approximate surface area is 127 Å². The van der Waals surface area contributed by atoms with Crippen molar-refractivity contribution in [3.05, 3.63) is 66.2 Å². The van der Waals surface area contributed by atoms with E-state index in [0.717, 1.165) is 0 Å². The third-order valence-corrected chi connectivity index (χ3v) is 3.56. The number of amides is 1. The summed E-state index contributed by atoms with van der Waals surface area (Å²) in [6.45, 7) is 0. The van der Waals surface area contributed by atoms with Crippen molar-refractivity contribution in [1.82, 2.24) is 4.98 Å². The van der Waals surface area contributed by atoms with Crippen LogP contribution in [0, 0.1) is 5.82 Å². The lowest BCUT2D eigenvalue weighted by molar-refractivity contribution is 0.0990. The van der Waals surface area contributed by atoms with Gasteiger partial charge in [0.15, 0.2) is 0 Å². The third-order valence-electron chi connectivity index (χ3n) is 3.56. The number of hydrogen-bond donors (Lipinski definition) is 1. The van der Waals surface area contributed by atoms with E-state index < -0.39 is 5.82 Å². The molecule has 110 valence electrons. The Morgan fingerprint density at radius 3 is 2.59 bits per heavy atom. The van der Waals surface area contributed by atoms with Gasteiger partial charge in [0, 0.05) is 30.0 Å². The van der Waals surface area contributed by atoms with E-state index in [0.29, 0.717) is 16.8 Å². The second kappa shape index (κ2) is 5.44. The molecule has 4 nitrogen and oxygen atoms in total. The molecule has 0 aliphatic carbocycles. The van der Waals surface area contributed by atoms with Crippen LogP contribution in [-0.4, -0.2) is 17.9 Å². The molecule has 1 amide bonds. The largest absolute Gasteiger partial charge is 0.398 e. The predicted octanol–water partition coefficient (Wildman–Crippen LogP) is 3.23. The summed E-state index contributed by atoms with van der Waals surface area (Å²) in [5.41, 5.74) is 7.03. The lowest BCUT2D eigenvalue weighted by Crippen LogP contribution is -2.27. The molecule has 2 aromatic carbocycles. The van der Waals surface area contributed by atoms with Gasteiger partial charge >= 0.3 is 0 Å². The maximum atomic E-state index is 14.2. The van der Waals surface area contributed by atoms with Gasteiger partial charge in [-0.25, -0.2) is 4.39 Å². The maximum absolute atomic E-state index is 14.2. The van der Waals surface area contributed by atoms with Crippen LogP contribution in [0.2, 0.25) is 0 Å². The molecule has 0 bridgehead atoms. The van der Waals surface area contributed by atoms with E-state index >= 15 is 0 Å². The number of carbonyl (C=O) groups excluding carboxylic acids is 1. The fourth-order valence-electron chi connectivity index (χ4n) is 2.37. The summed E-state index contributed by atoms with van der Waals surface area (Å²) in [7, 11) is 1.63. The monoisotopic (exact) mass is 295 g/mol. The van der Waals surface area contributed by atoms with Crippen LogP contribution >= 0.6 is 0 Å². The van der Waals surface area contributed by atoms with E-state index in [1.807, 2.05) is 18.2 Å². The van der Waals surface area contributed by atoms with Gasteiger partial charge in [0.2, 0.25) is 0 Å². The summed E-state index contributed by atoms with van der Waals surface area (Å²) >= 11 is 0. The highest BCUT2D eigenvalue weighted by Crippen LogP contribution is 2.27. The number of hydrogen-bond acceptors (Lipinski definition) is 3. The molecule has 0 aliphatic heterocycles. The van der Waals surface area contributed by atoms with Crippen LogP contribution in [0.15, 0.2) is 54.7 Å². The van der Waals surface area contributed by atoms with Gasteiger partial charge in [0.25, 0.3) is 5.91 Å². The molecule has 1 heterocycles. The zero-order chi connectivity index (χ0) is 15.7. The number of para-hydroxylation sites is 1. The fourth-order valence-corrected chi connectivity index (χ4v) is 2.37. The van der Waals surface area contributed by atoms with Crippen LogP contribution in [0.4, 0.5) is 15.8 Å². The molecular weight excluding hydrogens is 281 g/mol. The summed E-state index contributed by atoms with van der Waals surface area (Å²) < 4.78 is 14.2. The van der Waals surface area contributed by atoms with Gasteiger partial charge in [-0.2, -0.15) is 0 Å². The van der Waals surface area contributed by atoms with Crippen molar-refractivity contribution < 1.29 is 9.18 Å². The molecule has 5 heteroatoms. The van der Waals surface area contributed by atoms with E-state index in [2.05, 4.69) is 4.98 Å². The number of halogens is 1. The molecule has 0 radical (unpaired) electrons. The van der Waals surface area contributed by atoms with Gasteiger partial charge in [-0.1, -0.05) is 18.2 Å². The van der Waals surface area contributed by atoms with Crippen molar-refractivity contribution in [2.45, 2.75) is 0 Å². The normalized spacial score (nSPS) is 10.6. The van der Waals surface area contributed by atoms with Gasteiger partial charge in [0.1, 0.15) is 11.5 Å². The Bertz CT molecular complexity index is 849. The average molecular weight is 295 g/mol. The Morgan fingerprint density at radius 1 is 1.14 bits per heavy atom. The molecule has 0 fully saturated rings. The molecule has 0 saturated carbocycles. The first-order valence-electron chi connectivity index (χ1n) is 6.75. The lowest BCUT2D eigenvalue weighted by atomic mass is 10.1. The number of carbonyl (C=O) groups is 1. The second-order valence-corrected chi connectivity index (χ2v) is 4.92. The molecule has 0 aliphatic rings. The van der Waals surface area contributed by atoms with Gasteiger partial charge < -0.3 is 10.6 Å². The van der Waals surface area contributed by atoms with E-state index in [1.54, 1.807) is 25.2 Å². The summed E-state index contributed by atoms with van der Waals surface area (Å²) in [5.74, 6) is -0.900. The van der Waals surface area contributed by atoms with Crippen LogP contribution in [0.1, 0.15) is 10.5 Å². The number of benzene rings is 2. The standard InChI is InChI=1S/C17H14FN3O/c1-21(11-5-3-2-4-6-11)17(22)16-15-12(9-10-20-16)14(19)8-7-13(15)18/h2-10H,19H2,1H3. The zero-order valence-electron chi connectivity index (χ0n) is 12.0. The van der Waals surface area contributed by atoms with Crippen molar-refractivity contribution in [3.8, 4) is 0 Å². The quantitative estimate of drug-likeness (QED) is 0.738. The Morgan fingerprint density at radius 2 is 1.86 bits per heavy atom. The highest BCUT2D eigenvalue weighted by molar-refractivity contribution is 6.14. The van der Waals surface area contributed by atoms with E-state index in [9.17, 15) is 9.18 Å². The zero-order valence-corrected chi connectivity index (χ0v) is 12.0. The van der Waals surface area contributed by atoms with E-state index in [1.165, 1.54) is 23.2 Å². The summed E-state index contributed by atoms with van der Waals surface area (Å²) in [6, 6.07) is 13.4. The molecule has 0 atom stereocenters. The van der Waals surface area contributed by atoms with Gasteiger partial charge in [-0.3, -0.25) is 9.78 Å². The van der Waals surface area contributed by atoms with Crippen LogP contribution in [0.5, 0.6) is 0 Å². The number of nitrogens with zero attached hydrogens (tertiary/aromatic N) is 2. The maximum Gasteiger partial charge on any atom is 0.277 e. The first-order valence-corrected chi connectivity index (χ1v) is 6.75. The van der Waals surface area contributed by atoms with Crippen molar-refractivity contribution in [2.24, 2.45) is 0 Å². The molecule has 3 rings (SSSR count). The lowest BCUT2D eigenvalue weighted by Gasteiger charge is -2.18. The minimum absolute atomic E-state index is 0.0497. The van der Waals surface area contributed by atoms with E-state index in [-0.39, 0.29) is 17.0 Å². The van der Waals surface area contributed by atoms with Crippen molar-refractivity contribution >= 4 is 28.1 Å². The summed E-state index contributed by atoms with van der Waals surface area (Å²) in [4.78, 5) is 18.2. The Kier molecular flexibility index (Phi) is 3.47. The molecule has 2 N–H and O–H groups in total. The van der Waals surface area contributed by atoms with Gasteiger partial charge in [-0.05, 0) is 30.3 Å². The molecular formula is C17H14FN3O. The number of rotatable bonds is 2. The third kappa shape index (κ3) is 2.26. The average Bonchev–Trinajstić information content (AvgIpc) is 2.57. The highest BCUT2D eigenvalue weighted by Gasteiger charge is 2.20. The minimum Gasteiger partial charge on any atom is -0.398 e. The number of nitrogens with two attached hydrogens (primary N) is 1. The first-order chi connectivity index (χ1) is 10.6. The Balaban J connectivity index is 2.14. The first kappa shape index (κ1) is 14.0. The number of aromatic nitrogens is 1. The van der Waals surface area contributed by atoms with Crippen LogP contribution in [0.25, 0.3) is 10.8 Å². The van der Waals surface area contributed by atoms with Gasteiger partial charge in [-0.15, -0.1) is 0 Å². The van der Waals surface area contributed by atoms with Crippen LogP contribution in [-0.2, 0) is 0 Å². The van der Waals surface area contributed by atoms with E-state index in [4.69, 9.17) is 5.73 Å². The molecule has 0 saturated heterocycles. The molecule has 0 unspecified atom stereocenters. The number of anilines is 2. The molecule has 3 aromatic rings. The SMILES string of the molecule is CN(C(=O)c1nccc2c(N)ccc(F)c12)c1ccccc1. The highest BCUT2D eigenvalue weighted by atomic mass is 19.1. The molecule has 1 aromatic heterocycles. The summed E-state index contributed by atoms with van der Waals surface area (Å²) in [6.07, 6.45) is 1.46. The van der Waals surface area contributed by atoms with Crippen molar-refractivity contribution in [3.63, 3.8) is 0 Å². The number of pyridine rings is 1. The van der Waals surface area contributed by atoms with Gasteiger partial charge in [0.05, 0.1) is 5.39 Å². The minimum atomic E-state index is -0.512. The van der Waals surface area contributed by atoms with Crippen molar-refractivity contribution in [1.29, 1.82) is 0 Å². The van der Waals surface area contributed by atoms with Crippen LogP contribution < -0.4 is 10.6 Å². The Hall–Kier alpha value is -2.95. The topological polar surface area (TPSA) is 59.2 Å². The predicted molar refractivity (Wildman–Crippen MR) is 85.3 cm³/mol. The molecule has 22 heavy (non-hydrogen) atoms. The number of nitrogen functional groups attached to an aromatic ring is 1.